The van der Waals surface area contributed by atoms with Crippen molar-refractivity contribution in [1.82, 2.24) is 15.1 Å². The number of piperidine rings is 1. The van der Waals surface area contributed by atoms with E-state index in [9.17, 15) is 37.5 Å². The first-order valence-electron chi connectivity index (χ1n) is 8.71. The predicted octanol–water partition coefficient (Wildman–Crippen LogP) is 0.217. The minimum Gasteiger partial charge on any atom is -0.477 e. The maximum atomic E-state index is 12.8. The zero-order valence-corrected chi connectivity index (χ0v) is 14.4. The van der Waals surface area contributed by atoms with Gasteiger partial charge in [0, 0.05) is 24.1 Å². The summed E-state index contributed by atoms with van der Waals surface area (Å²) in [5.74, 6) is -5.01. The Morgan fingerprint density at radius 1 is 1.21 bits per heavy atom. The van der Waals surface area contributed by atoms with Gasteiger partial charge in [0.15, 0.2) is 0 Å². The third-order valence-corrected chi connectivity index (χ3v) is 5.50. The first-order valence-corrected chi connectivity index (χ1v) is 8.71. The van der Waals surface area contributed by atoms with Crippen LogP contribution in [0.2, 0.25) is 0 Å². The van der Waals surface area contributed by atoms with E-state index in [1.54, 1.807) is 0 Å². The van der Waals surface area contributed by atoms with Crippen molar-refractivity contribution in [1.29, 1.82) is 0 Å². The number of β-lactam (4-membered cyclic amide) rings is 1. The summed E-state index contributed by atoms with van der Waals surface area (Å²) in [4.78, 5) is 48.8. The average Bonchev–Trinajstić information content (AvgIpc) is 3.36. The fourth-order valence-electron chi connectivity index (χ4n) is 4.16. The summed E-state index contributed by atoms with van der Waals surface area (Å²) in [6.45, 7) is -0.723. The van der Waals surface area contributed by atoms with Crippen LogP contribution in [0.15, 0.2) is 11.3 Å². The molecule has 0 spiro atoms. The predicted molar refractivity (Wildman–Crippen MR) is 82.5 cm³/mol. The van der Waals surface area contributed by atoms with Gasteiger partial charge in [-0.2, -0.15) is 13.2 Å². The number of nitrogens with one attached hydrogen (secondary N) is 1. The molecule has 9 nitrogen and oxygen atoms in total. The second-order valence-corrected chi connectivity index (χ2v) is 7.21. The van der Waals surface area contributed by atoms with E-state index < -0.39 is 48.1 Å². The molecule has 0 aromatic heterocycles. The van der Waals surface area contributed by atoms with Gasteiger partial charge in [0.25, 0.3) is 5.91 Å². The minimum absolute atomic E-state index is 0.0338. The molecule has 3 amide bonds. The van der Waals surface area contributed by atoms with Crippen molar-refractivity contribution in [3.63, 3.8) is 0 Å². The highest BCUT2D eigenvalue weighted by Crippen LogP contribution is 2.49. The van der Waals surface area contributed by atoms with Crippen molar-refractivity contribution in [2.24, 2.45) is 5.92 Å². The molecule has 3 atom stereocenters. The van der Waals surface area contributed by atoms with E-state index in [0.717, 1.165) is 17.7 Å². The maximum absolute atomic E-state index is 12.8. The number of amides is 3. The Hall–Kier alpha value is -2.79. The Kier molecular flexibility index (Phi) is 4.05. The van der Waals surface area contributed by atoms with Gasteiger partial charge in [-0.1, -0.05) is 0 Å². The highest BCUT2D eigenvalue weighted by atomic mass is 19.4. The lowest BCUT2D eigenvalue weighted by atomic mass is 9.78. The number of carbonyl (C=O) groups excluding carboxylic acids is 3. The molecule has 0 bridgehead atoms. The Balaban J connectivity index is 1.55. The van der Waals surface area contributed by atoms with Gasteiger partial charge in [-0.05, 0) is 19.3 Å². The van der Waals surface area contributed by atoms with E-state index >= 15 is 0 Å². The normalized spacial score (nSPS) is 28.7. The van der Waals surface area contributed by atoms with E-state index in [4.69, 9.17) is 4.74 Å². The van der Waals surface area contributed by atoms with Crippen molar-refractivity contribution in [2.45, 2.75) is 43.6 Å². The number of hydrogen-bond acceptors (Lipinski definition) is 5. The second kappa shape index (κ2) is 6.11. The fraction of sp³-hybridized carbons (Fsp3) is 0.625. The third kappa shape index (κ3) is 2.78. The van der Waals surface area contributed by atoms with Gasteiger partial charge < -0.3 is 20.1 Å². The van der Waals surface area contributed by atoms with E-state index in [1.807, 2.05) is 0 Å². The van der Waals surface area contributed by atoms with Crippen LogP contribution in [0, 0.1) is 5.92 Å². The lowest BCUT2D eigenvalue weighted by molar-refractivity contribution is -0.198. The second-order valence-electron chi connectivity index (χ2n) is 7.21. The average molecular weight is 403 g/mol. The number of rotatable bonds is 4. The third-order valence-electron chi connectivity index (χ3n) is 5.50. The zero-order chi connectivity index (χ0) is 20.4. The van der Waals surface area contributed by atoms with E-state index in [2.05, 4.69) is 5.32 Å². The lowest BCUT2D eigenvalue weighted by Crippen LogP contribution is -2.74. The van der Waals surface area contributed by atoms with Crippen LogP contribution in [0.3, 0.4) is 0 Å². The number of ether oxygens (including phenoxy) is 1. The monoisotopic (exact) mass is 403 g/mol. The number of carboxylic acids is 1. The number of aliphatic carboxylic acids is 1. The molecule has 12 heteroatoms. The molecule has 1 saturated carbocycles. The molecule has 4 aliphatic rings. The number of carboxylic acid groups (broad SMARTS) is 1. The molecule has 3 heterocycles. The summed E-state index contributed by atoms with van der Waals surface area (Å²) >= 11 is 0. The van der Waals surface area contributed by atoms with Crippen LogP contribution in [0.4, 0.5) is 18.0 Å². The molecule has 0 aromatic rings. The molecule has 1 aliphatic carbocycles. The molecule has 2 N–H and O–H groups in total. The van der Waals surface area contributed by atoms with Crippen LogP contribution in [0.1, 0.15) is 19.3 Å². The summed E-state index contributed by atoms with van der Waals surface area (Å²) in [5.41, 5.74) is -0.199. The quantitative estimate of drug-likeness (QED) is 0.649. The van der Waals surface area contributed by atoms with Crippen molar-refractivity contribution in [3.8, 4) is 0 Å². The van der Waals surface area contributed by atoms with Crippen molar-refractivity contribution < 1.29 is 42.2 Å². The summed E-state index contributed by atoms with van der Waals surface area (Å²) in [7, 11) is 0. The van der Waals surface area contributed by atoms with Crippen molar-refractivity contribution in [2.75, 3.05) is 13.2 Å². The van der Waals surface area contributed by atoms with Crippen LogP contribution in [-0.4, -0.2) is 76.2 Å². The number of carbonyl (C=O) groups is 4. The van der Waals surface area contributed by atoms with Gasteiger partial charge in [-0.25, -0.2) is 9.59 Å². The van der Waals surface area contributed by atoms with Gasteiger partial charge in [0.05, 0.1) is 6.04 Å². The van der Waals surface area contributed by atoms with E-state index in [1.165, 1.54) is 0 Å². The van der Waals surface area contributed by atoms with Crippen molar-refractivity contribution in [3.05, 3.63) is 11.3 Å². The minimum atomic E-state index is -5.12. The van der Waals surface area contributed by atoms with Gasteiger partial charge in [-0.3, -0.25) is 14.5 Å². The topological polar surface area (TPSA) is 116 Å². The molecule has 3 fully saturated rings. The van der Waals surface area contributed by atoms with Crippen molar-refractivity contribution >= 4 is 23.9 Å². The number of nitrogens with zero attached hydrogens (tertiary/aromatic N) is 2. The van der Waals surface area contributed by atoms with Gasteiger partial charge in [0.2, 0.25) is 0 Å². The van der Waals surface area contributed by atoms with E-state index in [-0.39, 0.29) is 36.9 Å². The zero-order valence-electron chi connectivity index (χ0n) is 14.4. The Morgan fingerprint density at radius 3 is 2.46 bits per heavy atom. The van der Waals surface area contributed by atoms with Gasteiger partial charge in [-0.15, -0.1) is 0 Å². The SMILES string of the molecule is O=C(NC1CC1)OCC1=C(C(=O)O)N2C(=O)[C@@H]3[C@H]2C1CCN3C(=O)C(F)(F)F. The number of alkyl halides is 3. The van der Waals surface area contributed by atoms with Crippen LogP contribution >= 0.6 is 0 Å². The summed E-state index contributed by atoms with van der Waals surface area (Å²) in [5, 5.41) is 12.1. The molecular weight excluding hydrogens is 387 g/mol. The Bertz CT molecular complexity index is 806. The Morgan fingerprint density at radius 2 is 1.89 bits per heavy atom. The number of hydrogen-bond donors (Lipinski definition) is 2. The first kappa shape index (κ1) is 18.6. The molecular formula is C16H16F3N3O6. The van der Waals surface area contributed by atoms with Crippen LogP contribution in [-0.2, 0) is 19.1 Å². The molecule has 3 aliphatic heterocycles. The highest BCUT2D eigenvalue weighted by molar-refractivity contribution is 6.03. The lowest BCUT2D eigenvalue weighted by Gasteiger charge is -2.53. The molecule has 152 valence electrons. The first-order chi connectivity index (χ1) is 13.1. The smallest absolute Gasteiger partial charge is 0.471 e. The summed E-state index contributed by atoms with van der Waals surface area (Å²) in [6, 6.07) is -2.21. The largest absolute Gasteiger partial charge is 0.477 e. The van der Waals surface area contributed by atoms with Gasteiger partial charge in [0.1, 0.15) is 18.3 Å². The molecule has 2 saturated heterocycles. The maximum Gasteiger partial charge on any atom is 0.471 e. The van der Waals surface area contributed by atoms with E-state index in [0.29, 0.717) is 4.90 Å². The Labute approximate surface area is 156 Å². The van der Waals surface area contributed by atoms with Crippen LogP contribution in [0.25, 0.3) is 0 Å². The number of likely N-dealkylation sites (tertiary alicyclic amines) is 1. The van der Waals surface area contributed by atoms with Gasteiger partial charge >= 0.3 is 24.1 Å². The molecule has 0 radical (unpaired) electrons. The summed E-state index contributed by atoms with van der Waals surface area (Å²) < 4.78 is 43.5. The fourth-order valence-corrected chi connectivity index (χ4v) is 4.16. The van der Waals surface area contributed by atoms with Crippen LogP contribution < -0.4 is 5.32 Å². The molecule has 1 unspecified atom stereocenters. The molecule has 4 rings (SSSR count). The highest BCUT2D eigenvalue weighted by Gasteiger charge is 2.66. The van der Waals surface area contributed by atoms with Crippen LogP contribution in [0.5, 0.6) is 0 Å². The number of alkyl carbamates (subject to hydrolysis) is 1. The molecule has 28 heavy (non-hydrogen) atoms. The number of halogens is 3. The summed E-state index contributed by atoms with van der Waals surface area (Å²) in [6.07, 6.45) is -4.15. The molecule has 0 aromatic carbocycles. The standard InChI is InChI=1S/C16H16F3N3O6/c17-16(18,19)14(26)21-4-3-7-8(5-28-15(27)20-6-1-2-6)10(13(24)25)22-9(7)11(21)12(22)23/h6-7,9,11H,1-5H2,(H,20,27)(H,24,25)/t7?,9-,11+/m1/s1.